The summed E-state index contributed by atoms with van der Waals surface area (Å²) in [4.78, 5) is 33.4. The fraction of sp³-hybridized carbons (Fsp3) is 0.136. The third kappa shape index (κ3) is 4.93. The highest BCUT2D eigenvalue weighted by molar-refractivity contribution is 7.92. The summed E-state index contributed by atoms with van der Waals surface area (Å²) in [5, 5.41) is 13.5. The zero-order chi connectivity index (χ0) is 25.2. The first kappa shape index (κ1) is 24.1. The number of hydrogen-bond donors (Lipinski definition) is 1. The summed E-state index contributed by atoms with van der Waals surface area (Å²) in [6, 6.07) is 13.1. The molecule has 1 N–H and O–H groups in total. The Hall–Kier alpha value is -4.03. The number of benzene rings is 2. The van der Waals surface area contributed by atoms with Crippen molar-refractivity contribution in [3.05, 3.63) is 77.6 Å². The second kappa shape index (κ2) is 9.31. The van der Waals surface area contributed by atoms with E-state index in [0.29, 0.717) is 10.7 Å². The van der Waals surface area contributed by atoms with E-state index in [2.05, 4.69) is 30.0 Å². The molecule has 0 radical (unpaired) electrons. The highest BCUT2D eigenvalue weighted by Gasteiger charge is 2.48. The highest BCUT2D eigenvalue weighted by atomic mass is 35.5. The van der Waals surface area contributed by atoms with Gasteiger partial charge in [0.25, 0.3) is 21.8 Å². The van der Waals surface area contributed by atoms with Crippen molar-refractivity contribution in [2.24, 2.45) is 15.3 Å². The lowest BCUT2D eigenvalue weighted by atomic mass is 9.98. The lowest BCUT2D eigenvalue weighted by molar-refractivity contribution is -0.129. The molecule has 3 aromatic rings. The molecule has 11 nitrogen and oxygen atoms in total. The van der Waals surface area contributed by atoms with Crippen LogP contribution < -0.4 is 4.72 Å². The number of anilines is 1. The third-order valence-electron chi connectivity index (χ3n) is 5.15. The normalized spacial score (nSPS) is 18.1. The SMILES string of the molecule is CC1=NN(C(=O)c2ccc(Cl)cc2)C(=O)C1(C)N=Nc1ccc(S(=O)(=O)Nc2ncccn2)cc1. The van der Waals surface area contributed by atoms with Crippen LogP contribution in [-0.4, -0.2) is 46.5 Å². The number of halogens is 1. The van der Waals surface area contributed by atoms with Crippen molar-refractivity contribution >= 4 is 50.8 Å². The molecule has 0 bridgehead atoms. The molecule has 13 heteroatoms. The maximum atomic E-state index is 13.0. The van der Waals surface area contributed by atoms with Gasteiger partial charge in [-0.15, -0.1) is 0 Å². The Morgan fingerprint density at radius 3 is 2.31 bits per heavy atom. The molecular formula is C22H18ClN7O4S. The van der Waals surface area contributed by atoms with Crippen LogP contribution in [0, 0.1) is 0 Å². The first-order valence-corrected chi connectivity index (χ1v) is 12.0. The van der Waals surface area contributed by atoms with E-state index >= 15 is 0 Å². The van der Waals surface area contributed by atoms with Crippen LogP contribution >= 0.6 is 11.6 Å². The molecule has 1 unspecified atom stereocenters. The fourth-order valence-corrected chi connectivity index (χ4v) is 4.09. The summed E-state index contributed by atoms with van der Waals surface area (Å²) in [6.45, 7) is 3.06. The largest absolute Gasteiger partial charge is 0.285 e. The van der Waals surface area contributed by atoms with E-state index in [1.54, 1.807) is 13.0 Å². The summed E-state index contributed by atoms with van der Waals surface area (Å²) in [5.74, 6) is -1.34. The summed E-state index contributed by atoms with van der Waals surface area (Å²) >= 11 is 5.85. The highest BCUT2D eigenvalue weighted by Crippen LogP contribution is 2.28. The molecule has 0 spiro atoms. The molecule has 178 valence electrons. The molecule has 2 heterocycles. The van der Waals surface area contributed by atoms with E-state index in [1.807, 2.05) is 0 Å². The Balaban J connectivity index is 1.50. The van der Waals surface area contributed by atoms with Gasteiger partial charge in [-0.3, -0.25) is 9.59 Å². The number of imide groups is 1. The smallest absolute Gasteiger partial charge is 0.269 e. The van der Waals surface area contributed by atoms with Gasteiger partial charge in [0.05, 0.1) is 16.3 Å². The van der Waals surface area contributed by atoms with E-state index < -0.39 is 27.4 Å². The number of nitrogens with zero attached hydrogens (tertiary/aromatic N) is 6. The zero-order valence-electron chi connectivity index (χ0n) is 18.5. The van der Waals surface area contributed by atoms with Crippen molar-refractivity contribution in [1.82, 2.24) is 15.0 Å². The van der Waals surface area contributed by atoms with E-state index in [4.69, 9.17) is 11.6 Å². The number of aromatic nitrogens is 2. The minimum Gasteiger partial charge on any atom is -0.269 e. The second-order valence-corrected chi connectivity index (χ2v) is 9.68. The van der Waals surface area contributed by atoms with Crippen LogP contribution in [0.1, 0.15) is 24.2 Å². The van der Waals surface area contributed by atoms with Gasteiger partial charge in [-0.05, 0) is 68.4 Å². The first-order valence-electron chi connectivity index (χ1n) is 10.1. The van der Waals surface area contributed by atoms with Crippen molar-refractivity contribution < 1.29 is 18.0 Å². The van der Waals surface area contributed by atoms with Crippen LogP contribution in [0.25, 0.3) is 0 Å². The van der Waals surface area contributed by atoms with Gasteiger partial charge in [0.15, 0.2) is 5.54 Å². The molecule has 0 saturated carbocycles. The van der Waals surface area contributed by atoms with Crippen LogP contribution in [0.15, 0.2) is 87.2 Å². The molecule has 0 fully saturated rings. The predicted octanol–water partition coefficient (Wildman–Crippen LogP) is 3.83. The number of rotatable bonds is 6. The molecule has 1 aromatic heterocycles. The summed E-state index contributed by atoms with van der Waals surface area (Å²) in [7, 11) is -3.91. The van der Waals surface area contributed by atoms with Gasteiger partial charge in [-0.2, -0.15) is 20.3 Å². The zero-order valence-corrected chi connectivity index (χ0v) is 20.0. The standard InChI is InChI=1S/C22H18ClN7O4S/c1-14-22(2,20(32)30(27-14)19(31)15-4-6-16(23)7-5-15)29-26-17-8-10-18(11-9-17)35(33,34)28-21-24-12-3-13-25-21/h3-13H,1-2H3,(H,24,25,28). The number of carbonyl (C=O) groups is 2. The number of sulfonamides is 1. The average molecular weight is 512 g/mol. The molecule has 1 aliphatic rings. The number of hydrogen-bond acceptors (Lipinski definition) is 9. The topological polar surface area (TPSA) is 146 Å². The molecule has 2 aromatic carbocycles. The Morgan fingerprint density at radius 2 is 1.69 bits per heavy atom. The van der Waals surface area contributed by atoms with Crippen molar-refractivity contribution in [1.29, 1.82) is 0 Å². The lowest BCUT2D eigenvalue weighted by Gasteiger charge is -2.17. The van der Waals surface area contributed by atoms with Crippen LogP contribution in [0.2, 0.25) is 5.02 Å². The molecule has 2 amide bonds. The molecule has 1 atom stereocenters. The fourth-order valence-electron chi connectivity index (χ4n) is 3.00. The van der Waals surface area contributed by atoms with Crippen LogP contribution in [-0.2, 0) is 14.8 Å². The third-order valence-corrected chi connectivity index (χ3v) is 6.75. The predicted molar refractivity (Wildman–Crippen MR) is 128 cm³/mol. The van der Waals surface area contributed by atoms with Gasteiger partial charge < -0.3 is 0 Å². The Bertz CT molecular complexity index is 1440. The van der Waals surface area contributed by atoms with Gasteiger partial charge in [-0.1, -0.05) is 11.6 Å². The van der Waals surface area contributed by atoms with Crippen molar-refractivity contribution in [3.63, 3.8) is 0 Å². The quantitative estimate of drug-likeness (QED) is 0.393. The van der Waals surface area contributed by atoms with Crippen molar-refractivity contribution in [3.8, 4) is 0 Å². The minimum absolute atomic E-state index is 0.0375. The van der Waals surface area contributed by atoms with Crippen LogP contribution in [0.3, 0.4) is 0 Å². The molecule has 0 saturated heterocycles. The molecule has 4 rings (SSSR count). The van der Waals surface area contributed by atoms with Gasteiger partial charge in [0, 0.05) is 23.0 Å². The van der Waals surface area contributed by atoms with Crippen molar-refractivity contribution in [2.45, 2.75) is 24.3 Å². The monoisotopic (exact) mass is 511 g/mol. The number of hydrazone groups is 1. The van der Waals surface area contributed by atoms with E-state index in [9.17, 15) is 18.0 Å². The van der Waals surface area contributed by atoms with Crippen LogP contribution in [0.5, 0.6) is 0 Å². The van der Waals surface area contributed by atoms with Gasteiger partial charge in [0.1, 0.15) is 0 Å². The number of azo groups is 1. The molecular weight excluding hydrogens is 494 g/mol. The van der Waals surface area contributed by atoms with Crippen molar-refractivity contribution in [2.75, 3.05) is 4.72 Å². The summed E-state index contributed by atoms with van der Waals surface area (Å²) in [6.07, 6.45) is 2.82. The lowest BCUT2D eigenvalue weighted by Crippen LogP contribution is -2.43. The van der Waals surface area contributed by atoms with E-state index in [0.717, 1.165) is 5.01 Å². The summed E-state index contributed by atoms with van der Waals surface area (Å²) in [5.41, 5.74) is -0.685. The van der Waals surface area contributed by atoms with Crippen LogP contribution in [0.4, 0.5) is 11.6 Å². The number of amides is 2. The van der Waals surface area contributed by atoms with E-state index in [-0.39, 0.29) is 22.1 Å². The van der Waals surface area contributed by atoms with Gasteiger partial charge in [-0.25, -0.2) is 23.1 Å². The van der Waals surface area contributed by atoms with E-state index in [1.165, 1.54) is 67.8 Å². The number of carbonyl (C=O) groups excluding carboxylic acids is 2. The molecule has 0 aliphatic carbocycles. The minimum atomic E-state index is -3.91. The Labute approximate surface area is 205 Å². The number of nitrogens with one attached hydrogen (secondary N) is 1. The maximum Gasteiger partial charge on any atom is 0.285 e. The second-order valence-electron chi connectivity index (χ2n) is 7.56. The van der Waals surface area contributed by atoms with Gasteiger partial charge in [0.2, 0.25) is 5.95 Å². The Kier molecular flexibility index (Phi) is 6.41. The Morgan fingerprint density at radius 1 is 1.06 bits per heavy atom. The maximum absolute atomic E-state index is 13.0. The first-order chi connectivity index (χ1) is 16.6. The average Bonchev–Trinajstić information content (AvgIpc) is 3.07. The summed E-state index contributed by atoms with van der Waals surface area (Å²) < 4.78 is 27.3. The molecule has 1 aliphatic heterocycles. The molecule has 35 heavy (non-hydrogen) atoms. The van der Waals surface area contributed by atoms with Gasteiger partial charge >= 0.3 is 0 Å².